The van der Waals surface area contributed by atoms with Gasteiger partial charge in [-0.1, -0.05) is 38.5 Å². The summed E-state index contributed by atoms with van der Waals surface area (Å²) in [5, 5.41) is 11.4. The Kier molecular flexibility index (Phi) is 7.95. The number of hydrogen-bond acceptors (Lipinski definition) is 10. The molecule has 4 heterocycles. The van der Waals surface area contributed by atoms with E-state index in [1.54, 1.807) is 6.07 Å². The molecule has 2 aliphatic heterocycles. The Balaban J connectivity index is 1.08. The molecular weight excluding hydrogens is 680 g/mol. The van der Waals surface area contributed by atoms with E-state index in [0.29, 0.717) is 56.1 Å². The molecule has 4 aromatic rings. The van der Waals surface area contributed by atoms with E-state index in [1.807, 2.05) is 0 Å². The lowest BCUT2D eigenvalue weighted by Crippen LogP contribution is -2.54. The minimum Gasteiger partial charge on any atom is -0.369 e. The molecular formula is C39H42N6O8. The lowest BCUT2D eigenvalue weighted by atomic mass is 9.85. The summed E-state index contributed by atoms with van der Waals surface area (Å²) < 4.78 is 2.28. The van der Waals surface area contributed by atoms with Gasteiger partial charge in [0.15, 0.2) is 6.23 Å². The Hall–Kier alpha value is -4.79. The maximum atomic E-state index is 14.3. The van der Waals surface area contributed by atoms with Crippen molar-refractivity contribution in [3.8, 4) is 0 Å². The van der Waals surface area contributed by atoms with Gasteiger partial charge in [0, 0.05) is 34.8 Å². The first-order valence-electron chi connectivity index (χ1n) is 19.0. The second-order valence-corrected chi connectivity index (χ2v) is 15.8. The van der Waals surface area contributed by atoms with Crippen LogP contribution in [0.4, 0.5) is 0 Å². The predicted octanol–water partition coefficient (Wildman–Crippen LogP) is 1.78. The number of imide groups is 1. The van der Waals surface area contributed by atoms with Gasteiger partial charge in [-0.3, -0.25) is 47.6 Å². The topological polar surface area (TPSA) is 208 Å². The van der Waals surface area contributed by atoms with Crippen molar-refractivity contribution in [3.63, 3.8) is 0 Å². The SMILES string of the molecule is N[C@H]1CCCC[C@@H]1N1C(=O)c2cc3c(cc2C1O)CC(=O)N(C1CCCC[C@@H]1n1c(=O)c2cc4c(=O)n([C@H]5CCCC[C@@H]5N)c(=O)c4cc2c1=O)C3=O. The van der Waals surface area contributed by atoms with Crippen LogP contribution < -0.4 is 33.7 Å². The summed E-state index contributed by atoms with van der Waals surface area (Å²) in [6.07, 6.45) is 6.84. The summed E-state index contributed by atoms with van der Waals surface area (Å²) in [6.45, 7) is 0. The Labute approximate surface area is 302 Å². The van der Waals surface area contributed by atoms with Gasteiger partial charge in [0.1, 0.15) is 0 Å². The maximum Gasteiger partial charge on any atom is 0.261 e. The largest absolute Gasteiger partial charge is 0.369 e. The van der Waals surface area contributed by atoms with E-state index in [2.05, 4.69) is 0 Å². The Morgan fingerprint density at radius 2 is 1.00 bits per heavy atom. The summed E-state index contributed by atoms with van der Waals surface area (Å²) in [5.41, 5.74) is 11.4. The van der Waals surface area contributed by atoms with Crippen molar-refractivity contribution >= 4 is 39.3 Å². The molecule has 276 valence electrons. The number of aromatic nitrogens is 2. The molecule has 3 amide bonds. The number of hydrogen-bond donors (Lipinski definition) is 3. The summed E-state index contributed by atoms with van der Waals surface area (Å²) in [4.78, 5) is 99.8. The molecule has 0 radical (unpaired) electrons. The van der Waals surface area contributed by atoms with Crippen molar-refractivity contribution in [1.29, 1.82) is 0 Å². The van der Waals surface area contributed by atoms with Gasteiger partial charge in [-0.2, -0.15) is 0 Å². The zero-order valence-electron chi connectivity index (χ0n) is 29.3. The average Bonchev–Trinajstić information content (AvgIpc) is 3.65. The number of amides is 3. The van der Waals surface area contributed by atoms with E-state index in [0.717, 1.165) is 41.6 Å². The van der Waals surface area contributed by atoms with Gasteiger partial charge in [-0.05, 0) is 68.4 Å². The molecule has 3 fully saturated rings. The lowest BCUT2D eigenvalue weighted by Gasteiger charge is -2.40. The fourth-order valence-corrected chi connectivity index (χ4v) is 10.2. The zero-order valence-corrected chi connectivity index (χ0v) is 29.3. The first-order valence-corrected chi connectivity index (χ1v) is 19.0. The van der Waals surface area contributed by atoms with Crippen molar-refractivity contribution in [2.24, 2.45) is 11.5 Å². The molecule has 53 heavy (non-hydrogen) atoms. The number of aliphatic hydroxyl groups is 1. The van der Waals surface area contributed by atoms with Gasteiger partial charge in [0.2, 0.25) is 5.91 Å². The predicted molar refractivity (Wildman–Crippen MR) is 194 cm³/mol. The Morgan fingerprint density at radius 3 is 1.55 bits per heavy atom. The van der Waals surface area contributed by atoms with Gasteiger partial charge < -0.3 is 21.5 Å². The van der Waals surface area contributed by atoms with E-state index < -0.39 is 64.3 Å². The Morgan fingerprint density at radius 1 is 0.528 bits per heavy atom. The van der Waals surface area contributed by atoms with Crippen LogP contribution in [0, 0.1) is 0 Å². The molecule has 2 unspecified atom stereocenters. The van der Waals surface area contributed by atoms with Gasteiger partial charge in [-0.15, -0.1) is 0 Å². The normalized spacial score (nSPS) is 29.3. The molecule has 2 aromatic heterocycles. The van der Waals surface area contributed by atoms with Crippen LogP contribution >= 0.6 is 0 Å². The standard InChI is InChI=1S/C39H42N6O8/c40-26-7-1-3-9-28(26)43-34(48)20-13-18-14-32(46)42(33(47)19(18)15-21(20)35(43)49)30-11-5-6-12-31(30)45-38(52)24-16-22-23(17-25(24)39(45)53)37(51)44(36(22)50)29-10-4-2-8-27(29)41/h13,15-17,26-31,34,48H,1-12,14,40-41H2/t26-,27-,28-,29-,30?,31-,34?/m0/s1. The van der Waals surface area contributed by atoms with Crippen molar-refractivity contribution < 1.29 is 19.5 Å². The summed E-state index contributed by atoms with van der Waals surface area (Å²) in [5.74, 6) is -1.54. The number of benzene rings is 2. The van der Waals surface area contributed by atoms with Crippen molar-refractivity contribution in [3.05, 3.63) is 87.9 Å². The molecule has 7 atom stereocenters. The van der Waals surface area contributed by atoms with E-state index in [-0.39, 0.29) is 57.2 Å². The number of nitrogens with zero attached hydrogens (tertiary/aromatic N) is 4. The van der Waals surface area contributed by atoms with Crippen LogP contribution in [0.15, 0.2) is 43.4 Å². The van der Waals surface area contributed by atoms with E-state index >= 15 is 0 Å². The molecule has 5 N–H and O–H groups in total. The number of aliphatic hydroxyl groups excluding tert-OH is 1. The maximum absolute atomic E-state index is 14.3. The highest BCUT2D eigenvalue weighted by Gasteiger charge is 2.47. The third kappa shape index (κ3) is 4.91. The average molecular weight is 723 g/mol. The van der Waals surface area contributed by atoms with Crippen LogP contribution in [-0.4, -0.2) is 65.9 Å². The number of fused-ring (bicyclic) bond motifs is 4. The van der Waals surface area contributed by atoms with Gasteiger partial charge in [0.05, 0.1) is 46.1 Å². The van der Waals surface area contributed by atoms with Gasteiger partial charge in [0.25, 0.3) is 34.1 Å². The van der Waals surface area contributed by atoms with Crippen LogP contribution in [0.2, 0.25) is 0 Å². The third-order valence-electron chi connectivity index (χ3n) is 12.9. The molecule has 3 aliphatic carbocycles. The van der Waals surface area contributed by atoms with Crippen molar-refractivity contribution in [1.82, 2.24) is 18.9 Å². The first-order chi connectivity index (χ1) is 25.5. The summed E-state index contributed by atoms with van der Waals surface area (Å²) in [7, 11) is 0. The fourth-order valence-electron chi connectivity index (χ4n) is 10.2. The summed E-state index contributed by atoms with van der Waals surface area (Å²) in [6, 6.07) is 2.59. The molecule has 9 rings (SSSR count). The molecule has 14 nitrogen and oxygen atoms in total. The van der Waals surface area contributed by atoms with E-state index in [4.69, 9.17) is 11.5 Å². The third-order valence-corrected chi connectivity index (χ3v) is 12.9. The van der Waals surface area contributed by atoms with Crippen LogP contribution in [0.1, 0.15) is 127 Å². The van der Waals surface area contributed by atoms with Crippen LogP contribution in [-0.2, 0) is 11.2 Å². The quantitative estimate of drug-likeness (QED) is 0.260. The minimum atomic E-state index is -1.24. The lowest BCUT2D eigenvalue weighted by molar-refractivity contribution is -0.131. The van der Waals surface area contributed by atoms with Crippen LogP contribution in [0.3, 0.4) is 0 Å². The monoisotopic (exact) mass is 722 g/mol. The molecule has 0 spiro atoms. The molecule has 2 aromatic carbocycles. The highest BCUT2D eigenvalue weighted by molar-refractivity contribution is 6.12. The van der Waals surface area contributed by atoms with Gasteiger partial charge in [-0.25, -0.2) is 0 Å². The van der Waals surface area contributed by atoms with E-state index in [1.165, 1.54) is 27.7 Å². The highest BCUT2D eigenvalue weighted by Crippen LogP contribution is 2.41. The molecule has 3 saturated carbocycles. The van der Waals surface area contributed by atoms with Gasteiger partial charge >= 0.3 is 0 Å². The number of carbonyl (C=O) groups excluding carboxylic acids is 3. The van der Waals surface area contributed by atoms with E-state index in [9.17, 15) is 38.7 Å². The molecule has 0 saturated heterocycles. The number of rotatable bonds is 4. The molecule has 0 bridgehead atoms. The smallest absolute Gasteiger partial charge is 0.261 e. The number of carbonyl (C=O) groups is 3. The van der Waals surface area contributed by atoms with Crippen molar-refractivity contribution in [2.45, 2.75) is 126 Å². The van der Waals surface area contributed by atoms with Crippen molar-refractivity contribution in [2.75, 3.05) is 0 Å². The van der Waals surface area contributed by atoms with Crippen LogP contribution in [0.25, 0.3) is 21.5 Å². The second-order valence-electron chi connectivity index (χ2n) is 15.8. The minimum absolute atomic E-state index is 0.00512. The first kappa shape index (κ1) is 34.0. The highest BCUT2D eigenvalue weighted by atomic mass is 16.3. The number of nitrogens with two attached hydrogens (primary N) is 2. The molecule has 5 aliphatic rings. The fraction of sp³-hybridized carbons (Fsp3) is 0.513. The summed E-state index contributed by atoms with van der Waals surface area (Å²) >= 11 is 0. The second kappa shape index (κ2) is 12.4. The molecule has 14 heteroatoms. The van der Waals surface area contributed by atoms with Crippen LogP contribution in [0.5, 0.6) is 0 Å². The zero-order chi connectivity index (χ0) is 37.0. The Bertz CT molecular complexity index is 2380.